The van der Waals surface area contributed by atoms with E-state index in [2.05, 4.69) is 0 Å². The summed E-state index contributed by atoms with van der Waals surface area (Å²) in [6.45, 7) is -0.250. The molecule has 0 atom stereocenters. The minimum Gasteiger partial charge on any atom is -0.508 e. The van der Waals surface area contributed by atoms with Crippen molar-refractivity contribution in [2.75, 3.05) is 0 Å². The van der Waals surface area contributed by atoms with Crippen LogP contribution in [-0.4, -0.2) is 34.8 Å². The Hall–Kier alpha value is -1.80. The van der Waals surface area contributed by atoms with E-state index in [9.17, 15) is 8.42 Å². The first-order valence-corrected chi connectivity index (χ1v) is 4.84. The van der Waals surface area contributed by atoms with Crippen molar-refractivity contribution in [1.82, 2.24) is 0 Å². The zero-order valence-corrected chi connectivity index (χ0v) is 8.05. The lowest BCUT2D eigenvalue weighted by atomic mass is 10.3. The number of hydrogen-bond acceptors (Lipinski definition) is 5. The van der Waals surface area contributed by atoms with Crippen molar-refractivity contribution in [2.45, 2.75) is 4.90 Å². The van der Waals surface area contributed by atoms with Crippen LogP contribution in [0.2, 0.25) is 0 Å². The first kappa shape index (κ1) is 13.2. The van der Waals surface area contributed by atoms with Gasteiger partial charge in [0.2, 0.25) is 0 Å². The van der Waals surface area contributed by atoms with E-state index in [0.717, 1.165) is 18.2 Å². The van der Waals surface area contributed by atoms with Gasteiger partial charge in [-0.25, -0.2) is 0 Å². The van der Waals surface area contributed by atoms with Gasteiger partial charge in [-0.2, -0.15) is 8.42 Å². The summed E-state index contributed by atoms with van der Waals surface area (Å²) >= 11 is 0. The first-order chi connectivity index (χ1) is 6.82. The Morgan fingerprint density at radius 1 is 1.20 bits per heavy atom. The molecule has 84 valence electrons. The van der Waals surface area contributed by atoms with Crippen molar-refractivity contribution in [3.63, 3.8) is 0 Å². The maximum atomic E-state index is 10.5. The van der Waals surface area contributed by atoms with Crippen LogP contribution in [0.1, 0.15) is 0 Å². The number of carbonyl (C=O) groups is 1. The molecule has 1 aromatic rings. The molecule has 0 aliphatic carbocycles. The summed E-state index contributed by atoms with van der Waals surface area (Å²) < 4.78 is 29.5. The summed E-state index contributed by atoms with van der Waals surface area (Å²) in [6.07, 6.45) is 0. The van der Waals surface area contributed by atoms with Gasteiger partial charge in [-0.15, -0.1) is 0 Å². The zero-order valence-electron chi connectivity index (χ0n) is 7.23. The molecule has 7 nitrogen and oxygen atoms in total. The van der Waals surface area contributed by atoms with Crippen LogP contribution >= 0.6 is 0 Å². The summed E-state index contributed by atoms with van der Waals surface area (Å²) in [7, 11) is -4.47. The molecule has 8 heteroatoms. The molecule has 0 heterocycles. The molecule has 0 spiro atoms. The number of aromatic hydroxyl groups is 2. The third kappa shape index (κ3) is 4.29. The van der Waals surface area contributed by atoms with Gasteiger partial charge in [-0.05, 0) is 12.1 Å². The second-order valence-electron chi connectivity index (χ2n) is 2.23. The predicted octanol–water partition coefficient (Wildman–Crippen LogP) is 0.0453. The third-order valence-electron chi connectivity index (χ3n) is 1.22. The van der Waals surface area contributed by atoms with Gasteiger partial charge in [-0.1, -0.05) is 0 Å². The Morgan fingerprint density at radius 3 is 2.00 bits per heavy atom. The third-order valence-corrected chi connectivity index (χ3v) is 2.10. The largest absolute Gasteiger partial charge is 0.508 e. The van der Waals surface area contributed by atoms with E-state index in [0.29, 0.717) is 0 Å². The lowest BCUT2D eigenvalue weighted by Gasteiger charge is -2.00. The van der Waals surface area contributed by atoms with Gasteiger partial charge in [0, 0.05) is 6.07 Å². The number of rotatable bonds is 1. The number of phenolic OH excluding ortho intramolecular Hbond substituents is 2. The average Bonchev–Trinajstić information content (AvgIpc) is 2.09. The van der Waals surface area contributed by atoms with E-state index in [1.54, 1.807) is 0 Å². The Labute approximate surface area is 85.0 Å². The zero-order chi connectivity index (χ0) is 12.1. The minimum absolute atomic E-state index is 0.250. The van der Waals surface area contributed by atoms with Gasteiger partial charge in [0.1, 0.15) is 16.4 Å². The summed E-state index contributed by atoms with van der Waals surface area (Å²) in [6, 6.07) is 2.83. The highest BCUT2D eigenvalue weighted by atomic mass is 32.2. The van der Waals surface area contributed by atoms with Crippen LogP contribution in [0.5, 0.6) is 11.5 Å². The van der Waals surface area contributed by atoms with Crippen molar-refractivity contribution in [3.05, 3.63) is 18.2 Å². The Balaban J connectivity index is 0.000000583. The lowest BCUT2D eigenvalue weighted by molar-refractivity contribution is -0.122. The van der Waals surface area contributed by atoms with Crippen LogP contribution in [0.15, 0.2) is 23.1 Å². The average molecular weight is 236 g/mol. The molecule has 1 rings (SSSR count). The molecule has 0 saturated heterocycles. The van der Waals surface area contributed by atoms with E-state index < -0.39 is 20.8 Å². The number of benzene rings is 1. The van der Waals surface area contributed by atoms with Gasteiger partial charge < -0.3 is 15.3 Å². The lowest BCUT2D eigenvalue weighted by Crippen LogP contribution is -1.97. The molecule has 0 aliphatic rings. The smallest absolute Gasteiger partial charge is 0.298 e. The SMILES string of the molecule is O=CO.O=S(=O)(O)c1cc(O)ccc1O. The van der Waals surface area contributed by atoms with E-state index in [1.165, 1.54) is 0 Å². The van der Waals surface area contributed by atoms with Gasteiger partial charge in [-0.3, -0.25) is 9.35 Å². The number of phenols is 2. The molecule has 1 aromatic carbocycles. The van der Waals surface area contributed by atoms with E-state index in [4.69, 9.17) is 24.7 Å². The monoisotopic (exact) mass is 236 g/mol. The second-order valence-corrected chi connectivity index (χ2v) is 3.62. The minimum atomic E-state index is -4.47. The summed E-state index contributed by atoms with van der Waals surface area (Å²) in [5, 5.41) is 24.6. The van der Waals surface area contributed by atoms with Gasteiger partial charge >= 0.3 is 0 Å². The van der Waals surface area contributed by atoms with Crippen LogP contribution in [0, 0.1) is 0 Å². The molecule has 0 aromatic heterocycles. The normalized spacial score (nSPS) is 9.93. The van der Waals surface area contributed by atoms with Crippen molar-refractivity contribution in [3.8, 4) is 11.5 Å². The van der Waals surface area contributed by atoms with Crippen LogP contribution in [0.4, 0.5) is 0 Å². The molecule has 4 N–H and O–H groups in total. The van der Waals surface area contributed by atoms with E-state index in [1.807, 2.05) is 0 Å². The molecule has 15 heavy (non-hydrogen) atoms. The number of hydrogen-bond donors (Lipinski definition) is 4. The molecule has 0 fully saturated rings. The fourth-order valence-electron chi connectivity index (χ4n) is 0.709. The van der Waals surface area contributed by atoms with Crippen LogP contribution in [0.25, 0.3) is 0 Å². The van der Waals surface area contributed by atoms with Crippen molar-refractivity contribution in [1.29, 1.82) is 0 Å². The van der Waals surface area contributed by atoms with Crippen molar-refractivity contribution in [2.24, 2.45) is 0 Å². The summed E-state index contributed by atoms with van der Waals surface area (Å²) in [5.74, 6) is -0.948. The van der Waals surface area contributed by atoms with Crippen molar-refractivity contribution >= 4 is 16.6 Å². The van der Waals surface area contributed by atoms with E-state index >= 15 is 0 Å². The maximum absolute atomic E-state index is 10.5. The van der Waals surface area contributed by atoms with Gasteiger partial charge in [0.25, 0.3) is 16.6 Å². The summed E-state index contributed by atoms with van der Waals surface area (Å²) in [5.41, 5.74) is 0. The fraction of sp³-hybridized carbons (Fsp3) is 0. The maximum Gasteiger partial charge on any atom is 0.298 e. The topological polar surface area (TPSA) is 132 Å². The molecule has 0 saturated carbocycles. The van der Waals surface area contributed by atoms with Crippen LogP contribution in [-0.2, 0) is 14.9 Å². The molecule has 0 unspecified atom stereocenters. The van der Waals surface area contributed by atoms with Gasteiger partial charge in [0.05, 0.1) is 0 Å². The molecule has 0 amide bonds. The predicted molar refractivity (Wildman–Crippen MR) is 48.3 cm³/mol. The molecular formula is C7H8O7S. The van der Waals surface area contributed by atoms with Crippen LogP contribution < -0.4 is 0 Å². The number of carboxylic acid groups (broad SMARTS) is 1. The van der Waals surface area contributed by atoms with E-state index in [-0.39, 0.29) is 12.2 Å². The quantitative estimate of drug-likeness (QED) is 0.307. The molecule has 0 bridgehead atoms. The first-order valence-electron chi connectivity index (χ1n) is 3.40. The molecule has 0 radical (unpaired) electrons. The summed E-state index contributed by atoms with van der Waals surface area (Å²) in [4.78, 5) is 7.66. The Morgan fingerprint density at radius 2 is 1.67 bits per heavy atom. The van der Waals surface area contributed by atoms with Crippen LogP contribution in [0.3, 0.4) is 0 Å². The molecule has 0 aliphatic heterocycles. The second kappa shape index (κ2) is 5.17. The fourth-order valence-corrected chi connectivity index (χ4v) is 1.31. The Bertz CT molecular complexity index is 437. The standard InChI is InChI=1S/C6H6O5S.CH2O2/c7-4-1-2-5(8)6(3-4)12(9,10)11;2-1-3/h1-3,7-8H,(H,9,10,11);1H,(H,2,3). The van der Waals surface area contributed by atoms with Gasteiger partial charge in [0.15, 0.2) is 0 Å². The van der Waals surface area contributed by atoms with Crippen molar-refractivity contribution < 1.29 is 33.1 Å². The highest BCUT2D eigenvalue weighted by Gasteiger charge is 2.15. The molecular weight excluding hydrogens is 228 g/mol. The Kier molecular flexibility index (Phi) is 4.55. The highest BCUT2D eigenvalue weighted by molar-refractivity contribution is 7.86. The highest BCUT2D eigenvalue weighted by Crippen LogP contribution is 2.25.